The Kier molecular flexibility index (Phi) is 4.58. The SMILES string of the molecule is CS(=O)c1ccc(/C=C/c2cc(F)ccc2C=O)cc1. The molecule has 2 nitrogen and oxygen atoms in total. The summed E-state index contributed by atoms with van der Waals surface area (Å²) in [6.07, 6.45) is 5.78. The second kappa shape index (κ2) is 6.39. The quantitative estimate of drug-likeness (QED) is 0.637. The number of hydrogen-bond acceptors (Lipinski definition) is 2. The molecule has 0 fully saturated rings. The average Bonchev–Trinajstić information content (AvgIpc) is 2.45. The minimum absolute atomic E-state index is 0.382. The van der Waals surface area contributed by atoms with Crippen LogP contribution in [0.2, 0.25) is 0 Å². The molecule has 1 unspecified atom stereocenters. The lowest BCUT2D eigenvalue weighted by Gasteiger charge is -2.00. The maximum Gasteiger partial charge on any atom is 0.150 e. The Morgan fingerprint density at radius 1 is 1.00 bits per heavy atom. The molecule has 0 N–H and O–H groups in total. The lowest BCUT2D eigenvalue weighted by Crippen LogP contribution is -1.88. The van der Waals surface area contributed by atoms with Crippen molar-refractivity contribution in [1.29, 1.82) is 0 Å². The molecular formula is C16H13FO2S. The smallest absolute Gasteiger partial charge is 0.150 e. The number of rotatable bonds is 4. The molecule has 0 aromatic heterocycles. The number of aldehydes is 1. The van der Waals surface area contributed by atoms with Crippen molar-refractivity contribution in [2.75, 3.05) is 6.26 Å². The number of carbonyl (C=O) groups is 1. The summed E-state index contributed by atoms with van der Waals surface area (Å²) in [5, 5.41) is 0. The van der Waals surface area contributed by atoms with Gasteiger partial charge in [-0.1, -0.05) is 24.3 Å². The second-order valence-electron chi connectivity index (χ2n) is 4.25. The van der Waals surface area contributed by atoms with E-state index in [0.717, 1.165) is 10.5 Å². The number of hydrogen-bond donors (Lipinski definition) is 0. The summed E-state index contributed by atoms with van der Waals surface area (Å²) in [7, 11) is -1.01. The highest BCUT2D eigenvalue weighted by Gasteiger charge is 2.00. The summed E-state index contributed by atoms with van der Waals surface area (Å²) in [5.41, 5.74) is 1.86. The average molecular weight is 288 g/mol. The Morgan fingerprint density at radius 2 is 1.70 bits per heavy atom. The highest BCUT2D eigenvalue weighted by Crippen LogP contribution is 2.15. The van der Waals surface area contributed by atoms with Gasteiger partial charge < -0.3 is 0 Å². The van der Waals surface area contributed by atoms with Crippen LogP contribution in [0.1, 0.15) is 21.5 Å². The van der Waals surface area contributed by atoms with E-state index >= 15 is 0 Å². The van der Waals surface area contributed by atoms with E-state index < -0.39 is 10.8 Å². The molecule has 1 atom stereocenters. The molecule has 0 aliphatic rings. The molecule has 0 amide bonds. The molecule has 0 saturated heterocycles. The van der Waals surface area contributed by atoms with Crippen molar-refractivity contribution in [3.05, 3.63) is 65.0 Å². The van der Waals surface area contributed by atoms with Crippen LogP contribution in [-0.2, 0) is 10.8 Å². The summed E-state index contributed by atoms with van der Waals surface area (Å²) in [4.78, 5) is 11.6. The van der Waals surface area contributed by atoms with Crippen molar-refractivity contribution >= 4 is 29.2 Å². The summed E-state index contributed by atoms with van der Waals surface area (Å²) in [6, 6.07) is 11.2. The third kappa shape index (κ3) is 3.48. The van der Waals surface area contributed by atoms with Crippen LogP contribution >= 0.6 is 0 Å². The van der Waals surface area contributed by atoms with Gasteiger partial charge in [-0.15, -0.1) is 0 Å². The maximum atomic E-state index is 13.2. The van der Waals surface area contributed by atoms with E-state index in [9.17, 15) is 13.4 Å². The minimum Gasteiger partial charge on any atom is -0.298 e. The third-order valence-electron chi connectivity index (χ3n) is 2.84. The molecule has 0 bridgehead atoms. The van der Waals surface area contributed by atoms with Gasteiger partial charge in [0, 0.05) is 27.5 Å². The zero-order valence-corrected chi connectivity index (χ0v) is 11.7. The van der Waals surface area contributed by atoms with Gasteiger partial charge in [-0.3, -0.25) is 9.00 Å². The molecule has 2 aromatic rings. The predicted octanol–water partition coefficient (Wildman–Crippen LogP) is 3.55. The molecule has 0 saturated carbocycles. The summed E-state index contributed by atoms with van der Waals surface area (Å²) < 4.78 is 24.4. The summed E-state index contributed by atoms with van der Waals surface area (Å²) >= 11 is 0. The lowest BCUT2D eigenvalue weighted by atomic mass is 10.1. The Bertz CT molecular complexity index is 675. The van der Waals surface area contributed by atoms with E-state index in [0.29, 0.717) is 17.4 Å². The molecule has 2 rings (SSSR count). The van der Waals surface area contributed by atoms with E-state index in [4.69, 9.17) is 0 Å². The summed E-state index contributed by atoms with van der Waals surface area (Å²) in [6.45, 7) is 0. The Labute approximate surface area is 119 Å². The normalized spacial score (nSPS) is 12.5. The van der Waals surface area contributed by atoms with Gasteiger partial charge in [-0.2, -0.15) is 0 Å². The highest BCUT2D eigenvalue weighted by atomic mass is 32.2. The fourth-order valence-corrected chi connectivity index (χ4v) is 2.27. The standard InChI is InChI=1S/C16H13FO2S/c1-20(19)16-8-3-12(4-9-16)2-5-13-10-15(17)7-6-14(13)11-18/h2-11H,1H3/b5-2+. The first-order valence-electron chi connectivity index (χ1n) is 5.96. The van der Waals surface area contributed by atoms with E-state index in [1.165, 1.54) is 18.2 Å². The molecule has 20 heavy (non-hydrogen) atoms. The fourth-order valence-electron chi connectivity index (χ4n) is 1.75. The maximum absolute atomic E-state index is 13.2. The second-order valence-corrected chi connectivity index (χ2v) is 5.63. The van der Waals surface area contributed by atoms with Crippen molar-refractivity contribution in [3.8, 4) is 0 Å². The van der Waals surface area contributed by atoms with Gasteiger partial charge in [0.15, 0.2) is 6.29 Å². The van der Waals surface area contributed by atoms with Crippen molar-refractivity contribution in [3.63, 3.8) is 0 Å². The Morgan fingerprint density at radius 3 is 2.30 bits per heavy atom. The van der Waals surface area contributed by atoms with Gasteiger partial charge in [0.25, 0.3) is 0 Å². The van der Waals surface area contributed by atoms with Gasteiger partial charge >= 0.3 is 0 Å². The van der Waals surface area contributed by atoms with Gasteiger partial charge in [-0.25, -0.2) is 4.39 Å². The van der Waals surface area contributed by atoms with Crippen LogP contribution in [0.25, 0.3) is 12.2 Å². The van der Waals surface area contributed by atoms with Crippen molar-refractivity contribution < 1.29 is 13.4 Å². The van der Waals surface area contributed by atoms with Crippen LogP contribution in [0.15, 0.2) is 47.4 Å². The molecule has 0 radical (unpaired) electrons. The first kappa shape index (κ1) is 14.3. The minimum atomic E-state index is -1.01. The van der Waals surface area contributed by atoms with E-state index in [2.05, 4.69) is 0 Å². The van der Waals surface area contributed by atoms with Gasteiger partial charge in [-0.05, 0) is 41.5 Å². The third-order valence-corrected chi connectivity index (χ3v) is 3.78. The van der Waals surface area contributed by atoms with Gasteiger partial charge in [0.2, 0.25) is 0 Å². The zero-order chi connectivity index (χ0) is 14.5. The van der Waals surface area contributed by atoms with Crippen LogP contribution in [-0.4, -0.2) is 16.8 Å². The van der Waals surface area contributed by atoms with Crippen molar-refractivity contribution in [2.45, 2.75) is 4.90 Å². The topological polar surface area (TPSA) is 34.1 Å². The lowest BCUT2D eigenvalue weighted by molar-refractivity contribution is 0.112. The highest BCUT2D eigenvalue weighted by molar-refractivity contribution is 7.84. The van der Waals surface area contributed by atoms with Crippen LogP contribution in [0.5, 0.6) is 0 Å². The molecule has 102 valence electrons. The summed E-state index contributed by atoms with van der Waals surface area (Å²) in [5.74, 6) is -0.382. The van der Waals surface area contributed by atoms with Crippen LogP contribution in [0, 0.1) is 5.82 Å². The first-order valence-corrected chi connectivity index (χ1v) is 7.52. The zero-order valence-electron chi connectivity index (χ0n) is 10.9. The molecule has 4 heteroatoms. The van der Waals surface area contributed by atoms with E-state index in [1.807, 2.05) is 12.1 Å². The molecule has 2 aromatic carbocycles. The molecule has 0 spiro atoms. The first-order chi connectivity index (χ1) is 9.60. The molecular weight excluding hydrogens is 275 g/mol. The number of halogens is 1. The van der Waals surface area contributed by atoms with Gasteiger partial charge in [0.1, 0.15) is 5.82 Å². The van der Waals surface area contributed by atoms with Crippen LogP contribution in [0.3, 0.4) is 0 Å². The molecule has 0 heterocycles. The monoisotopic (exact) mass is 288 g/mol. The Balaban J connectivity index is 2.27. The predicted molar refractivity (Wildman–Crippen MR) is 79.5 cm³/mol. The fraction of sp³-hybridized carbons (Fsp3) is 0.0625. The van der Waals surface area contributed by atoms with Crippen LogP contribution < -0.4 is 0 Å². The van der Waals surface area contributed by atoms with Crippen LogP contribution in [0.4, 0.5) is 4.39 Å². The van der Waals surface area contributed by atoms with Crippen molar-refractivity contribution in [1.82, 2.24) is 0 Å². The van der Waals surface area contributed by atoms with E-state index in [-0.39, 0.29) is 5.82 Å². The van der Waals surface area contributed by atoms with Gasteiger partial charge in [0.05, 0.1) is 0 Å². The van der Waals surface area contributed by atoms with E-state index in [1.54, 1.807) is 30.5 Å². The molecule has 0 aliphatic carbocycles. The molecule has 0 aliphatic heterocycles. The largest absolute Gasteiger partial charge is 0.298 e. The number of benzene rings is 2. The number of carbonyl (C=O) groups excluding carboxylic acids is 1. The van der Waals surface area contributed by atoms with Crippen molar-refractivity contribution in [2.24, 2.45) is 0 Å². The Hall–Kier alpha value is -2.07.